The van der Waals surface area contributed by atoms with E-state index in [0.717, 1.165) is 0 Å². The van der Waals surface area contributed by atoms with Crippen LogP contribution >= 0.6 is 11.8 Å². The number of fused-ring (bicyclic) bond motifs is 1. The van der Waals surface area contributed by atoms with Crippen molar-refractivity contribution in [2.45, 2.75) is 61.9 Å². The Morgan fingerprint density at radius 1 is 1.16 bits per heavy atom. The van der Waals surface area contributed by atoms with Crippen molar-refractivity contribution in [3.05, 3.63) is 12.7 Å². The molecule has 0 amide bonds. The lowest BCUT2D eigenvalue weighted by atomic mass is 10.0. The van der Waals surface area contributed by atoms with Crippen LogP contribution in [0.5, 0.6) is 0 Å². The normalized spacial score (nSPS) is 31.0. The zero-order chi connectivity index (χ0) is 17.4. The Morgan fingerprint density at radius 3 is 2.76 bits per heavy atom. The highest BCUT2D eigenvalue weighted by Gasteiger charge is 2.44. The average molecular weight is 365 g/mol. The van der Waals surface area contributed by atoms with Crippen LogP contribution in [0.15, 0.2) is 12.7 Å². The molecule has 9 heteroatoms. The Hall–Kier alpha value is -1.42. The van der Waals surface area contributed by atoms with E-state index in [-0.39, 0.29) is 5.82 Å². The molecule has 1 aliphatic heterocycles. The third-order valence-electron chi connectivity index (χ3n) is 5.05. The van der Waals surface area contributed by atoms with Gasteiger partial charge in [0, 0.05) is 11.0 Å². The van der Waals surface area contributed by atoms with Crippen molar-refractivity contribution >= 4 is 28.7 Å². The fraction of sp³-hybridized carbons (Fsp3) is 0.688. The third-order valence-corrected chi connectivity index (χ3v) is 6.51. The summed E-state index contributed by atoms with van der Waals surface area (Å²) < 4.78 is 7.59. The van der Waals surface area contributed by atoms with Gasteiger partial charge in [0.25, 0.3) is 0 Å². The second-order valence-corrected chi connectivity index (χ2v) is 8.06. The van der Waals surface area contributed by atoms with Gasteiger partial charge in [-0.15, -0.1) is 0 Å². The van der Waals surface area contributed by atoms with Crippen molar-refractivity contribution < 1.29 is 14.9 Å². The van der Waals surface area contributed by atoms with Gasteiger partial charge in [0.05, 0.1) is 12.4 Å². The fourth-order valence-electron chi connectivity index (χ4n) is 3.62. The lowest BCUT2D eigenvalue weighted by Gasteiger charge is -2.23. The first-order valence-electron chi connectivity index (χ1n) is 8.71. The number of thioether (sulfide) groups is 1. The van der Waals surface area contributed by atoms with E-state index in [1.165, 1.54) is 44.8 Å². The van der Waals surface area contributed by atoms with Gasteiger partial charge in [-0.1, -0.05) is 19.3 Å². The molecule has 25 heavy (non-hydrogen) atoms. The Kier molecular flexibility index (Phi) is 4.81. The van der Waals surface area contributed by atoms with E-state index in [2.05, 4.69) is 15.0 Å². The largest absolute Gasteiger partial charge is 0.387 e. The molecule has 2 aromatic heterocycles. The third kappa shape index (κ3) is 3.21. The van der Waals surface area contributed by atoms with Gasteiger partial charge in [-0.2, -0.15) is 11.8 Å². The van der Waals surface area contributed by atoms with E-state index in [4.69, 9.17) is 10.5 Å². The average Bonchev–Trinajstić information content (AvgIpc) is 3.18. The molecule has 3 heterocycles. The van der Waals surface area contributed by atoms with Gasteiger partial charge in [0.15, 0.2) is 17.7 Å². The van der Waals surface area contributed by atoms with Gasteiger partial charge in [-0.25, -0.2) is 15.0 Å². The summed E-state index contributed by atoms with van der Waals surface area (Å²) in [5, 5.41) is 21.5. The summed E-state index contributed by atoms with van der Waals surface area (Å²) in [5.41, 5.74) is 6.76. The summed E-state index contributed by atoms with van der Waals surface area (Å²) in [6.45, 7) is 0. The standard InChI is InChI=1S/C16H23N5O3S/c17-14-11-15(19-7-18-14)21(8-20-11)16-13(23)12(22)10(24-16)6-25-9-4-2-1-3-5-9/h7-10,12-13,16,22-23H,1-6H2,(H2,17,18,19)/t10-,12?,13?,16-/m1/s1. The molecule has 0 radical (unpaired) electrons. The van der Waals surface area contributed by atoms with Gasteiger partial charge in [0.1, 0.15) is 24.1 Å². The van der Waals surface area contributed by atoms with Crippen LogP contribution < -0.4 is 5.73 Å². The van der Waals surface area contributed by atoms with Crippen molar-refractivity contribution in [1.82, 2.24) is 19.5 Å². The predicted molar refractivity (Wildman–Crippen MR) is 95.0 cm³/mol. The monoisotopic (exact) mass is 365 g/mol. The van der Waals surface area contributed by atoms with Crippen LogP contribution in [-0.4, -0.2) is 59.0 Å². The highest BCUT2D eigenvalue weighted by molar-refractivity contribution is 7.99. The van der Waals surface area contributed by atoms with E-state index in [1.807, 2.05) is 11.8 Å². The van der Waals surface area contributed by atoms with Crippen LogP contribution in [0.2, 0.25) is 0 Å². The number of aliphatic hydroxyl groups is 2. The lowest BCUT2D eigenvalue weighted by Crippen LogP contribution is -2.33. The molecular weight excluding hydrogens is 342 g/mol. The molecule has 0 bridgehead atoms. The van der Waals surface area contributed by atoms with Gasteiger partial charge >= 0.3 is 0 Å². The van der Waals surface area contributed by atoms with E-state index in [1.54, 1.807) is 4.57 Å². The number of nitrogens with two attached hydrogens (primary N) is 1. The van der Waals surface area contributed by atoms with Crippen LogP contribution in [0.4, 0.5) is 5.82 Å². The zero-order valence-electron chi connectivity index (χ0n) is 13.9. The number of ether oxygens (including phenoxy) is 1. The number of rotatable bonds is 4. The van der Waals surface area contributed by atoms with Crippen molar-refractivity contribution in [3.8, 4) is 0 Å². The number of aliphatic hydroxyl groups excluding tert-OH is 2. The second kappa shape index (κ2) is 7.06. The molecular formula is C16H23N5O3S. The molecule has 0 aromatic carbocycles. The number of imidazole rings is 1. The van der Waals surface area contributed by atoms with Gasteiger partial charge < -0.3 is 20.7 Å². The molecule has 4 atom stereocenters. The van der Waals surface area contributed by atoms with Gasteiger partial charge in [-0.3, -0.25) is 4.57 Å². The van der Waals surface area contributed by atoms with Crippen LogP contribution in [0.1, 0.15) is 38.3 Å². The number of anilines is 1. The SMILES string of the molecule is Nc1ncnc2c1ncn2[C@@H]1O[C@H](CSC2CCCCC2)C(O)C1O. The Morgan fingerprint density at radius 2 is 1.96 bits per heavy atom. The van der Waals surface area contributed by atoms with Crippen LogP contribution in [0.3, 0.4) is 0 Å². The van der Waals surface area contributed by atoms with Crippen molar-refractivity contribution in [2.24, 2.45) is 0 Å². The quantitative estimate of drug-likeness (QED) is 0.737. The molecule has 2 unspecified atom stereocenters. The van der Waals surface area contributed by atoms with Crippen LogP contribution in [0.25, 0.3) is 11.2 Å². The predicted octanol–water partition coefficient (Wildman–Crippen LogP) is 1.09. The molecule has 1 saturated heterocycles. The minimum Gasteiger partial charge on any atom is -0.387 e. The van der Waals surface area contributed by atoms with E-state index in [9.17, 15) is 10.2 Å². The topological polar surface area (TPSA) is 119 Å². The molecule has 2 aromatic rings. The summed E-state index contributed by atoms with van der Waals surface area (Å²) in [5.74, 6) is 0.949. The maximum atomic E-state index is 10.5. The molecule has 8 nitrogen and oxygen atoms in total. The first-order valence-corrected chi connectivity index (χ1v) is 9.76. The Bertz CT molecular complexity index is 736. The van der Waals surface area contributed by atoms with Crippen molar-refractivity contribution in [3.63, 3.8) is 0 Å². The molecule has 1 aliphatic carbocycles. The molecule has 0 spiro atoms. The minimum atomic E-state index is -1.04. The molecule has 136 valence electrons. The Balaban J connectivity index is 1.48. The molecule has 2 aliphatic rings. The van der Waals surface area contributed by atoms with Crippen molar-refractivity contribution in [1.29, 1.82) is 0 Å². The smallest absolute Gasteiger partial charge is 0.167 e. The first kappa shape index (κ1) is 17.0. The fourth-order valence-corrected chi connectivity index (χ4v) is 5.02. The number of hydrogen-bond acceptors (Lipinski definition) is 8. The van der Waals surface area contributed by atoms with Gasteiger partial charge in [0.2, 0.25) is 0 Å². The highest BCUT2D eigenvalue weighted by atomic mass is 32.2. The van der Waals surface area contributed by atoms with Crippen molar-refractivity contribution in [2.75, 3.05) is 11.5 Å². The van der Waals surface area contributed by atoms with E-state index >= 15 is 0 Å². The zero-order valence-corrected chi connectivity index (χ0v) is 14.7. The van der Waals surface area contributed by atoms with Crippen LogP contribution in [0, 0.1) is 0 Å². The highest BCUT2D eigenvalue weighted by Crippen LogP contribution is 2.36. The maximum absolute atomic E-state index is 10.5. The molecule has 2 fully saturated rings. The summed E-state index contributed by atoms with van der Waals surface area (Å²) in [7, 11) is 0. The Labute approximate surface area is 149 Å². The minimum absolute atomic E-state index is 0.279. The summed E-state index contributed by atoms with van der Waals surface area (Å²) >= 11 is 1.84. The number of nitrogen functional groups attached to an aromatic ring is 1. The molecule has 4 N–H and O–H groups in total. The number of hydrogen-bond donors (Lipinski definition) is 3. The first-order chi connectivity index (χ1) is 12.1. The number of nitrogens with zero attached hydrogens (tertiary/aromatic N) is 4. The summed E-state index contributed by atoms with van der Waals surface area (Å²) in [4.78, 5) is 12.3. The summed E-state index contributed by atoms with van der Waals surface area (Å²) in [6.07, 6.45) is 6.08. The molecule has 1 saturated carbocycles. The van der Waals surface area contributed by atoms with Gasteiger partial charge in [-0.05, 0) is 12.8 Å². The summed E-state index contributed by atoms with van der Waals surface area (Å²) in [6, 6.07) is 0. The lowest BCUT2D eigenvalue weighted by molar-refractivity contribution is -0.0289. The maximum Gasteiger partial charge on any atom is 0.167 e. The van der Waals surface area contributed by atoms with E-state index < -0.39 is 24.5 Å². The van der Waals surface area contributed by atoms with E-state index in [0.29, 0.717) is 22.2 Å². The molecule has 4 rings (SSSR count). The number of aromatic nitrogens is 4. The van der Waals surface area contributed by atoms with Crippen LogP contribution in [-0.2, 0) is 4.74 Å². The second-order valence-electron chi connectivity index (χ2n) is 6.72.